The van der Waals surface area contributed by atoms with E-state index in [9.17, 15) is 0 Å². The second-order valence-corrected chi connectivity index (χ2v) is 10.4. The lowest BCUT2D eigenvalue weighted by Gasteiger charge is -2.34. The largest absolute Gasteiger partial charge is 0.354 e. The van der Waals surface area contributed by atoms with Crippen LogP contribution in [0.5, 0.6) is 0 Å². The minimum absolute atomic E-state index is 0.0760. The molecule has 0 spiro atoms. The average molecular weight is 470 g/mol. The molecule has 1 saturated heterocycles. The third-order valence-electron chi connectivity index (χ3n) is 7.70. The number of aromatic nitrogens is 4. The first-order chi connectivity index (χ1) is 16.9. The van der Waals surface area contributed by atoms with E-state index in [-0.39, 0.29) is 6.04 Å². The van der Waals surface area contributed by atoms with E-state index in [1.807, 2.05) is 24.7 Å². The number of anilines is 1. The van der Waals surface area contributed by atoms with Crippen LogP contribution in [-0.2, 0) is 12.8 Å². The third kappa shape index (κ3) is 4.94. The number of hydrogen-bond acceptors (Lipinski definition) is 6. The summed E-state index contributed by atoms with van der Waals surface area (Å²) in [5.41, 5.74) is 6.30. The fourth-order valence-electron chi connectivity index (χ4n) is 5.43. The molecular weight excluding hydrogens is 434 g/mol. The highest BCUT2D eigenvalue weighted by Gasteiger charge is 2.29. The van der Waals surface area contributed by atoms with Gasteiger partial charge in [0, 0.05) is 55.6 Å². The summed E-state index contributed by atoms with van der Waals surface area (Å²) in [6.07, 6.45) is 6.48. The molecule has 35 heavy (non-hydrogen) atoms. The van der Waals surface area contributed by atoms with Crippen LogP contribution in [0.1, 0.15) is 54.9 Å². The molecule has 7 heteroatoms. The summed E-state index contributed by atoms with van der Waals surface area (Å²) in [6, 6.07) is 11.4. The molecule has 2 aliphatic rings. The zero-order valence-electron chi connectivity index (χ0n) is 21.3. The van der Waals surface area contributed by atoms with Crippen molar-refractivity contribution >= 4 is 5.82 Å². The Morgan fingerprint density at radius 2 is 1.86 bits per heavy atom. The number of benzene rings is 1. The molecule has 0 radical (unpaired) electrons. The lowest BCUT2D eigenvalue weighted by atomic mass is 9.74. The third-order valence-corrected chi connectivity index (χ3v) is 7.70. The van der Waals surface area contributed by atoms with Gasteiger partial charge in [0.1, 0.15) is 11.6 Å². The SMILES string of the molecule is Cc1nc(C2Cc3cc(-c4cnn(C(C)CC#N)c4)ccc3CC2C)cc(N2CCN(C)CC2)n1. The zero-order valence-corrected chi connectivity index (χ0v) is 21.3. The highest BCUT2D eigenvalue weighted by atomic mass is 15.3. The van der Waals surface area contributed by atoms with E-state index < -0.39 is 0 Å². The summed E-state index contributed by atoms with van der Waals surface area (Å²) < 4.78 is 1.90. The molecule has 3 unspecified atom stereocenters. The van der Waals surface area contributed by atoms with E-state index in [1.165, 1.54) is 22.4 Å². The molecule has 0 saturated carbocycles. The molecule has 5 rings (SSSR count). The molecule has 1 fully saturated rings. The van der Waals surface area contributed by atoms with E-state index in [0.717, 1.165) is 56.2 Å². The van der Waals surface area contributed by atoms with Crippen LogP contribution in [0, 0.1) is 24.2 Å². The first kappa shape index (κ1) is 23.5. The molecule has 0 N–H and O–H groups in total. The standard InChI is InChI=1S/C28H35N7/c1-19-13-22-5-6-23(25-17-30-35(18-25)20(2)7-8-29)14-24(22)15-26(19)27-16-28(32-21(3)31-27)34-11-9-33(4)10-12-34/h5-6,14,16-20,26H,7,9-13,15H2,1-4H3. The van der Waals surface area contributed by atoms with E-state index in [4.69, 9.17) is 15.2 Å². The van der Waals surface area contributed by atoms with Crippen LogP contribution in [-0.4, -0.2) is 57.9 Å². The van der Waals surface area contributed by atoms with Crippen molar-refractivity contribution in [1.29, 1.82) is 5.26 Å². The van der Waals surface area contributed by atoms with Gasteiger partial charge in [-0.2, -0.15) is 10.4 Å². The quantitative estimate of drug-likeness (QED) is 0.552. The fraction of sp³-hybridized carbons (Fsp3) is 0.500. The maximum atomic E-state index is 9.01. The van der Waals surface area contributed by atoms with E-state index in [1.54, 1.807) is 0 Å². The van der Waals surface area contributed by atoms with Crippen LogP contribution in [0.15, 0.2) is 36.7 Å². The van der Waals surface area contributed by atoms with Crippen molar-refractivity contribution in [3.63, 3.8) is 0 Å². The van der Waals surface area contributed by atoms with Gasteiger partial charge in [0.2, 0.25) is 0 Å². The van der Waals surface area contributed by atoms with Gasteiger partial charge in [0.15, 0.2) is 0 Å². The fourth-order valence-corrected chi connectivity index (χ4v) is 5.43. The smallest absolute Gasteiger partial charge is 0.132 e. The number of rotatable bonds is 5. The Hall–Kier alpha value is -3.24. The maximum absolute atomic E-state index is 9.01. The minimum Gasteiger partial charge on any atom is -0.354 e. The summed E-state index contributed by atoms with van der Waals surface area (Å²) in [5, 5.41) is 13.5. The van der Waals surface area contributed by atoms with Crippen molar-refractivity contribution in [2.24, 2.45) is 5.92 Å². The molecule has 3 atom stereocenters. The normalized spacial score (nSPS) is 21.4. The Kier molecular flexibility index (Phi) is 6.57. The van der Waals surface area contributed by atoms with Crippen molar-refractivity contribution in [3.8, 4) is 17.2 Å². The van der Waals surface area contributed by atoms with Crippen LogP contribution in [0.25, 0.3) is 11.1 Å². The number of hydrogen-bond donors (Lipinski definition) is 0. The average Bonchev–Trinajstić information content (AvgIpc) is 3.34. The van der Waals surface area contributed by atoms with Crippen molar-refractivity contribution in [3.05, 3.63) is 59.3 Å². The molecule has 2 aromatic heterocycles. The predicted octanol–water partition coefficient (Wildman–Crippen LogP) is 4.39. The number of nitriles is 1. The summed E-state index contributed by atoms with van der Waals surface area (Å²) in [4.78, 5) is 14.5. The van der Waals surface area contributed by atoms with Gasteiger partial charge in [0.05, 0.1) is 24.7 Å². The van der Waals surface area contributed by atoms with Gasteiger partial charge in [-0.15, -0.1) is 0 Å². The van der Waals surface area contributed by atoms with Crippen LogP contribution in [0.3, 0.4) is 0 Å². The molecule has 1 aliphatic carbocycles. The Balaban J connectivity index is 1.40. The number of aryl methyl sites for hydroxylation is 1. The van der Waals surface area contributed by atoms with Crippen LogP contribution >= 0.6 is 0 Å². The molecular formula is C28H35N7. The highest BCUT2D eigenvalue weighted by Crippen LogP contribution is 2.38. The molecule has 0 bridgehead atoms. The van der Waals surface area contributed by atoms with Crippen LogP contribution in [0.2, 0.25) is 0 Å². The first-order valence-electron chi connectivity index (χ1n) is 12.7. The van der Waals surface area contributed by atoms with Gasteiger partial charge in [-0.3, -0.25) is 4.68 Å². The zero-order chi connectivity index (χ0) is 24.5. The van der Waals surface area contributed by atoms with Crippen LogP contribution in [0.4, 0.5) is 5.82 Å². The summed E-state index contributed by atoms with van der Waals surface area (Å²) in [7, 11) is 2.18. The number of fused-ring (bicyclic) bond motifs is 1. The maximum Gasteiger partial charge on any atom is 0.132 e. The topological polar surface area (TPSA) is 73.9 Å². The van der Waals surface area contributed by atoms with Gasteiger partial charge in [-0.1, -0.05) is 25.1 Å². The van der Waals surface area contributed by atoms with Gasteiger partial charge >= 0.3 is 0 Å². The molecule has 1 aromatic carbocycles. The summed E-state index contributed by atoms with van der Waals surface area (Å²) in [6.45, 7) is 10.6. The molecule has 3 heterocycles. The van der Waals surface area contributed by atoms with Crippen molar-refractivity contribution in [1.82, 2.24) is 24.6 Å². The Morgan fingerprint density at radius 1 is 1.06 bits per heavy atom. The van der Waals surface area contributed by atoms with Gasteiger partial charge in [-0.25, -0.2) is 9.97 Å². The number of nitrogens with zero attached hydrogens (tertiary/aromatic N) is 7. The lowest BCUT2D eigenvalue weighted by Crippen LogP contribution is -2.45. The molecule has 0 amide bonds. The Bertz CT molecular complexity index is 1230. The van der Waals surface area contributed by atoms with E-state index in [2.05, 4.69) is 65.4 Å². The first-order valence-corrected chi connectivity index (χ1v) is 12.7. The predicted molar refractivity (Wildman–Crippen MR) is 138 cm³/mol. The molecule has 1 aliphatic heterocycles. The number of likely N-dealkylation sites (N-methyl/N-ethyl adjacent to an activating group) is 1. The van der Waals surface area contributed by atoms with Gasteiger partial charge in [-0.05, 0) is 56.3 Å². The molecule has 7 nitrogen and oxygen atoms in total. The van der Waals surface area contributed by atoms with Crippen molar-refractivity contribution in [2.75, 3.05) is 38.1 Å². The van der Waals surface area contributed by atoms with Crippen molar-refractivity contribution in [2.45, 2.75) is 52.0 Å². The van der Waals surface area contributed by atoms with Crippen LogP contribution < -0.4 is 4.90 Å². The highest BCUT2D eigenvalue weighted by molar-refractivity contribution is 5.64. The minimum atomic E-state index is 0.0760. The van der Waals surface area contributed by atoms with Gasteiger partial charge < -0.3 is 9.80 Å². The molecule has 3 aromatic rings. The second-order valence-electron chi connectivity index (χ2n) is 10.4. The van der Waals surface area contributed by atoms with Crippen molar-refractivity contribution < 1.29 is 0 Å². The Morgan fingerprint density at radius 3 is 2.63 bits per heavy atom. The monoisotopic (exact) mass is 469 g/mol. The van der Waals surface area contributed by atoms with E-state index >= 15 is 0 Å². The lowest BCUT2D eigenvalue weighted by molar-refractivity contribution is 0.312. The van der Waals surface area contributed by atoms with E-state index in [0.29, 0.717) is 18.3 Å². The molecule has 182 valence electrons. The second kappa shape index (κ2) is 9.79. The summed E-state index contributed by atoms with van der Waals surface area (Å²) in [5.74, 6) is 2.84. The Labute approximate surface area is 208 Å². The van der Waals surface area contributed by atoms with Gasteiger partial charge in [0.25, 0.3) is 0 Å². The summed E-state index contributed by atoms with van der Waals surface area (Å²) >= 11 is 0. The number of piperazine rings is 1.